The van der Waals surface area contributed by atoms with Crippen LogP contribution in [0.3, 0.4) is 0 Å². The zero-order valence-electron chi connectivity index (χ0n) is 17.5. The second-order valence-electron chi connectivity index (χ2n) is 8.24. The van der Waals surface area contributed by atoms with Crippen molar-refractivity contribution in [3.63, 3.8) is 0 Å². The van der Waals surface area contributed by atoms with Gasteiger partial charge in [0, 0.05) is 44.7 Å². The largest absolute Gasteiger partial charge is 0.367 e. The molecule has 3 amide bonds. The van der Waals surface area contributed by atoms with Crippen LogP contribution >= 0.6 is 0 Å². The maximum Gasteiger partial charge on any atom is 0.317 e. The highest BCUT2D eigenvalue weighted by atomic mass is 19.1. The fourth-order valence-corrected chi connectivity index (χ4v) is 4.18. The van der Waals surface area contributed by atoms with Crippen LogP contribution in [0.15, 0.2) is 18.2 Å². The molecule has 0 bridgehead atoms. The van der Waals surface area contributed by atoms with E-state index in [1.54, 1.807) is 11.0 Å². The van der Waals surface area contributed by atoms with Crippen molar-refractivity contribution >= 4 is 17.6 Å². The van der Waals surface area contributed by atoms with Crippen LogP contribution in [0, 0.1) is 18.7 Å². The first-order chi connectivity index (χ1) is 14.0. The standard InChI is InChI=1S/C22H33FN4O2/c1-3-10-24-21(28)17-8-12-26(13-9-17)22(29)25-18-5-4-11-27(15-18)20-14-16(2)6-7-19(20)23/h6-7,14,17-18H,3-5,8-13,15H2,1-2H3,(H,24,28)(H,25,29). The van der Waals surface area contributed by atoms with Crippen molar-refractivity contribution in [1.29, 1.82) is 0 Å². The Morgan fingerprint density at radius 2 is 1.93 bits per heavy atom. The molecule has 7 heteroatoms. The van der Waals surface area contributed by atoms with Gasteiger partial charge in [-0.3, -0.25) is 4.79 Å². The van der Waals surface area contributed by atoms with E-state index >= 15 is 0 Å². The number of halogens is 1. The molecule has 1 atom stereocenters. The predicted molar refractivity (Wildman–Crippen MR) is 113 cm³/mol. The minimum absolute atomic E-state index is 0.0000626. The lowest BCUT2D eigenvalue weighted by atomic mass is 9.96. The molecular formula is C22H33FN4O2. The van der Waals surface area contributed by atoms with E-state index in [-0.39, 0.29) is 29.7 Å². The van der Waals surface area contributed by atoms with Gasteiger partial charge in [-0.15, -0.1) is 0 Å². The Labute approximate surface area is 172 Å². The van der Waals surface area contributed by atoms with Crippen molar-refractivity contribution in [2.24, 2.45) is 5.92 Å². The highest BCUT2D eigenvalue weighted by Gasteiger charge is 2.29. The molecule has 2 aliphatic heterocycles. The first-order valence-corrected chi connectivity index (χ1v) is 10.8. The van der Waals surface area contributed by atoms with Crippen LogP contribution in [0.5, 0.6) is 0 Å². The van der Waals surface area contributed by atoms with Gasteiger partial charge in [-0.05, 0) is 56.7 Å². The smallest absolute Gasteiger partial charge is 0.317 e. The molecule has 1 unspecified atom stereocenters. The van der Waals surface area contributed by atoms with Crippen molar-refractivity contribution < 1.29 is 14.0 Å². The molecule has 1 aromatic rings. The molecule has 0 radical (unpaired) electrons. The average molecular weight is 405 g/mol. The first kappa shape index (κ1) is 21.4. The topological polar surface area (TPSA) is 64.7 Å². The molecule has 2 heterocycles. The summed E-state index contributed by atoms with van der Waals surface area (Å²) < 4.78 is 14.2. The van der Waals surface area contributed by atoms with Crippen molar-refractivity contribution in [2.45, 2.75) is 52.0 Å². The summed E-state index contributed by atoms with van der Waals surface area (Å²) in [5.41, 5.74) is 1.64. The van der Waals surface area contributed by atoms with Crippen LogP contribution in [0.1, 0.15) is 44.6 Å². The highest BCUT2D eigenvalue weighted by Crippen LogP contribution is 2.25. The third-order valence-electron chi connectivity index (χ3n) is 5.89. The molecule has 2 aliphatic rings. The van der Waals surface area contributed by atoms with E-state index in [0.29, 0.717) is 44.7 Å². The maximum absolute atomic E-state index is 14.2. The van der Waals surface area contributed by atoms with Crippen LogP contribution in [0.4, 0.5) is 14.9 Å². The summed E-state index contributed by atoms with van der Waals surface area (Å²) in [6.45, 7) is 7.30. The van der Waals surface area contributed by atoms with Gasteiger partial charge in [0.25, 0.3) is 0 Å². The van der Waals surface area contributed by atoms with Gasteiger partial charge in [0.15, 0.2) is 0 Å². The number of likely N-dealkylation sites (tertiary alicyclic amines) is 1. The molecule has 160 valence electrons. The maximum atomic E-state index is 14.2. The molecule has 29 heavy (non-hydrogen) atoms. The fourth-order valence-electron chi connectivity index (χ4n) is 4.18. The van der Waals surface area contributed by atoms with Crippen LogP contribution < -0.4 is 15.5 Å². The summed E-state index contributed by atoms with van der Waals surface area (Å²) in [7, 11) is 0. The number of nitrogens with zero attached hydrogens (tertiary/aromatic N) is 2. The van der Waals surface area contributed by atoms with Gasteiger partial charge in [0.2, 0.25) is 5.91 Å². The van der Waals surface area contributed by atoms with Gasteiger partial charge < -0.3 is 20.4 Å². The number of aryl methyl sites for hydroxylation is 1. The Balaban J connectivity index is 1.49. The zero-order valence-corrected chi connectivity index (χ0v) is 17.5. The third-order valence-corrected chi connectivity index (χ3v) is 5.89. The molecule has 1 aromatic carbocycles. The SMILES string of the molecule is CCCNC(=O)C1CCN(C(=O)NC2CCCN(c3cc(C)ccc3F)C2)CC1. The minimum atomic E-state index is -0.217. The van der Waals surface area contributed by atoms with E-state index in [2.05, 4.69) is 10.6 Å². The second-order valence-corrected chi connectivity index (χ2v) is 8.24. The lowest BCUT2D eigenvalue weighted by molar-refractivity contribution is -0.126. The summed E-state index contributed by atoms with van der Waals surface area (Å²) in [6, 6.07) is 5.08. The third kappa shape index (κ3) is 5.61. The van der Waals surface area contributed by atoms with E-state index in [1.807, 2.05) is 24.8 Å². The number of benzene rings is 1. The van der Waals surface area contributed by atoms with E-state index in [1.165, 1.54) is 6.07 Å². The Morgan fingerprint density at radius 3 is 2.66 bits per heavy atom. The number of rotatable bonds is 5. The molecule has 2 saturated heterocycles. The molecular weight excluding hydrogens is 371 g/mol. The molecule has 2 N–H and O–H groups in total. The van der Waals surface area contributed by atoms with Crippen LogP contribution in [-0.4, -0.2) is 55.6 Å². The zero-order chi connectivity index (χ0) is 20.8. The Bertz CT molecular complexity index is 719. The molecule has 2 fully saturated rings. The summed E-state index contributed by atoms with van der Waals surface area (Å²) in [6.07, 6.45) is 4.14. The lowest BCUT2D eigenvalue weighted by Gasteiger charge is -2.37. The van der Waals surface area contributed by atoms with Crippen LogP contribution in [0.25, 0.3) is 0 Å². The number of piperidine rings is 2. The number of carbonyl (C=O) groups is 2. The van der Waals surface area contributed by atoms with E-state index in [9.17, 15) is 14.0 Å². The van der Waals surface area contributed by atoms with Crippen LogP contribution in [0.2, 0.25) is 0 Å². The monoisotopic (exact) mass is 404 g/mol. The Morgan fingerprint density at radius 1 is 1.17 bits per heavy atom. The Kier molecular flexibility index (Phi) is 7.34. The van der Waals surface area contributed by atoms with Gasteiger partial charge in [0.05, 0.1) is 5.69 Å². The molecule has 0 aromatic heterocycles. The van der Waals surface area contributed by atoms with Crippen molar-refractivity contribution in [1.82, 2.24) is 15.5 Å². The summed E-state index contributed by atoms with van der Waals surface area (Å²) >= 11 is 0. The van der Waals surface area contributed by atoms with Gasteiger partial charge in [0.1, 0.15) is 5.82 Å². The fraction of sp³-hybridized carbons (Fsp3) is 0.636. The second kappa shape index (κ2) is 9.94. The van der Waals surface area contributed by atoms with Crippen molar-refractivity contribution in [3.8, 4) is 0 Å². The molecule has 0 aliphatic carbocycles. The minimum Gasteiger partial charge on any atom is -0.367 e. The number of anilines is 1. The normalized spacial score (nSPS) is 20.4. The van der Waals surface area contributed by atoms with Crippen molar-refractivity contribution in [3.05, 3.63) is 29.6 Å². The summed E-state index contributed by atoms with van der Waals surface area (Å²) in [4.78, 5) is 28.6. The van der Waals surface area contributed by atoms with E-state index < -0.39 is 0 Å². The van der Waals surface area contributed by atoms with Gasteiger partial charge in [-0.25, -0.2) is 9.18 Å². The number of amides is 3. The number of carbonyl (C=O) groups excluding carboxylic acids is 2. The van der Waals surface area contributed by atoms with Crippen LogP contribution in [-0.2, 0) is 4.79 Å². The molecule has 3 rings (SSSR count). The first-order valence-electron chi connectivity index (χ1n) is 10.8. The number of hydrogen-bond acceptors (Lipinski definition) is 3. The molecule has 6 nitrogen and oxygen atoms in total. The number of nitrogens with one attached hydrogen (secondary N) is 2. The summed E-state index contributed by atoms with van der Waals surface area (Å²) in [5.74, 6) is -0.110. The quantitative estimate of drug-likeness (QED) is 0.793. The van der Waals surface area contributed by atoms with Gasteiger partial charge >= 0.3 is 6.03 Å². The summed E-state index contributed by atoms with van der Waals surface area (Å²) in [5, 5.41) is 6.07. The van der Waals surface area contributed by atoms with Gasteiger partial charge in [-0.1, -0.05) is 13.0 Å². The molecule has 0 spiro atoms. The highest BCUT2D eigenvalue weighted by molar-refractivity contribution is 5.79. The Hall–Kier alpha value is -2.31. The lowest BCUT2D eigenvalue weighted by Crippen LogP contribution is -2.53. The van der Waals surface area contributed by atoms with Crippen molar-refractivity contribution in [2.75, 3.05) is 37.6 Å². The number of urea groups is 1. The predicted octanol–water partition coefficient (Wildman–Crippen LogP) is 3.05. The van der Waals surface area contributed by atoms with E-state index in [4.69, 9.17) is 0 Å². The molecule has 0 saturated carbocycles. The average Bonchev–Trinajstić information content (AvgIpc) is 2.74. The number of hydrogen-bond donors (Lipinski definition) is 2. The van der Waals surface area contributed by atoms with E-state index in [0.717, 1.165) is 31.4 Å². The van der Waals surface area contributed by atoms with Gasteiger partial charge in [-0.2, -0.15) is 0 Å².